The molecule has 26 heavy (non-hydrogen) atoms. The average molecular weight is 349 g/mol. The van der Waals surface area contributed by atoms with Crippen LogP contribution in [0.4, 0.5) is 4.39 Å². The van der Waals surface area contributed by atoms with Gasteiger partial charge in [-0.05, 0) is 50.1 Å². The number of Topliss-reactive ketones (excluding diaryl/α,β-unsaturated/α-hetero) is 1. The zero-order valence-corrected chi connectivity index (χ0v) is 14.7. The number of ketones is 1. The van der Waals surface area contributed by atoms with Gasteiger partial charge in [0.1, 0.15) is 5.82 Å². The third-order valence-corrected chi connectivity index (χ3v) is 5.23. The Bertz CT molecular complexity index is 945. The Balaban J connectivity index is 1.62. The number of benzene rings is 1. The van der Waals surface area contributed by atoms with Crippen LogP contribution < -0.4 is 0 Å². The van der Waals surface area contributed by atoms with E-state index in [0.29, 0.717) is 18.5 Å². The van der Waals surface area contributed by atoms with Crippen molar-refractivity contribution in [1.82, 2.24) is 14.8 Å². The van der Waals surface area contributed by atoms with Crippen LogP contribution in [0.25, 0.3) is 5.69 Å². The number of pyridine rings is 1. The predicted molar refractivity (Wildman–Crippen MR) is 96.7 cm³/mol. The number of aryl methyl sites for hydroxylation is 1. The zero-order valence-electron chi connectivity index (χ0n) is 14.7. The summed E-state index contributed by atoms with van der Waals surface area (Å²) in [5, 5.41) is 4.59. The maximum Gasteiger partial charge on any atom is 0.151 e. The lowest BCUT2D eigenvalue weighted by atomic mass is 9.62. The molecule has 4 nitrogen and oxygen atoms in total. The quantitative estimate of drug-likeness (QED) is 0.701. The highest BCUT2D eigenvalue weighted by Gasteiger charge is 2.48. The summed E-state index contributed by atoms with van der Waals surface area (Å²) in [6, 6.07) is 14.7. The van der Waals surface area contributed by atoms with Gasteiger partial charge in [-0.15, -0.1) is 0 Å². The monoisotopic (exact) mass is 349 g/mol. The molecule has 1 aliphatic carbocycles. The number of halogens is 1. The number of carbonyl (C=O) groups is 1. The van der Waals surface area contributed by atoms with E-state index in [2.05, 4.69) is 10.1 Å². The molecule has 0 aliphatic heterocycles. The van der Waals surface area contributed by atoms with Gasteiger partial charge in [0, 0.05) is 11.9 Å². The minimum absolute atomic E-state index is 0.000869. The lowest BCUT2D eigenvalue weighted by Gasteiger charge is -2.39. The van der Waals surface area contributed by atoms with Crippen LogP contribution in [0.15, 0.2) is 54.7 Å². The number of nitrogens with zero attached hydrogens (tertiary/aromatic N) is 3. The van der Waals surface area contributed by atoms with Crippen LogP contribution in [0.1, 0.15) is 36.3 Å². The highest BCUT2D eigenvalue weighted by molar-refractivity contribution is 5.92. The molecule has 2 aromatic heterocycles. The highest BCUT2D eigenvalue weighted by atomic mass is 19.1. The molecule has 4 rings (SSSR count). The molecule has 5 heteroatoms. The lowest BCUT2D eigenvalue weighted by molar-refractivity contribution is -0.127. The maximum absolute atomic E-state index is 14.3. The first kappa shape index (κ1) is 16.6. The summed E-state index contributed by atoms with van der Waals surface area (Å²) in [4.78, 5) is 17.3. The fraction of sp³-hybridized carbons (Fsp3) is 0.286. The Kier molecular flexibility index (Phi) is 4.15. The van der Waals surface area contributed by atoms with Gasteiger partial charge in [-0.2, -0.15) is 5.10 Å². The van der Waals surface area contributed by atoms with Crippen LogP contribution in [0, 0.1) is 12.7 Å². The number of carbonyl (C=O) groups excluding carboxylic acids is 1. The Labute approximate surface area is 151 Å². The van der Waals surface area contributed by atoms with E-state index >= 15 is 0 Å². The van der Waals surface area contributed by atoms with Crippen molar-refractivity contribution >= 4 is 5.78 Å². The van der Waals surface area contributed by atoms with Gasteiger partial charge in [0.25, 0.3) is 0 Å². The van der Waals surface area contributed by atoms with E-state index in [1.54, 1.807) is 12.3 Å². The van der Waals surface area contributed by atoms with E-state index in [1.165, 1.54) is 6.07 Å². The van der Waals surface area contributed by atoms with E-state index in [9.17, 15) is 9.18 Å². The van der Waals surface area contributed by atoms with E-state index in [0.717, 1.165) is 17.8 Å². The lowest BCUT2D eigenvalue weighted by Crippen LogP contribution is -2.44. The molecular formula is C21H20FN3O. The molecular weight excluding hydrogens is 329 g/mol. The second-order valence-corrected chi connectivity index (χ2v) is 6.89. The van der Waals surface area contributed by atoms with E-state index in [1.807, 2.05) is 48.0 Å². The van der Waals surface area contributed by atoms with Crippen LogP contribution in [-0.2, 0) is 16.6 Å². The number of rotatable bonds is 5. The van der Waals surface area contributed by atoms with Crippen LogP contribution >= 0.6 is 0 Å². The first-order chi connectivity index (χ1) is 12.6. The van der Waals surface area contributed by atoms with Crippen molar-refractivity contribution in [3.63, 3.8) is 0 Å². The Hall–Kier alpha value is -2.82. The number of hydrogen-bond acceptors (Lipinski definition) is 3. The van der Waals surface area contributed by atoms with Gasteiger partial charge < -0.3 is 0 Å². The topological polar surface area (TPSA) is 47.8 Å². The van der Waals surface area contributed by atoms with Gasteiger partial charge in [0.05, 0.1) is 28.9 Å². The first-order valence-electron chi connectivity index (χ1n) is 8.85. The van der Waals surface area contributed by atoms with Gasteiger partial charge in [-0.1, -0.05) is 24.6 Å². The van der Waals surface area contributed by atoms with Crippen LogP contribution in [-0.4, -0.2) is 20.5 Å². The highest BCUT2D eigenvalue weighted by Crippen LogP contribution is 2.45. The first-order valence-corrected chi connectivity index (χ1v) is 8.85. The van der Waals surface area contributed by atoms with E-state index in [4.69, 9.17) is 0 Å². The summed E-state index contributed by atoms with van der Waals surface area (Å²) in [5.41, 5.74) is 2.12. The molecule has 3 aromatic rings. The van der Waals surface area contributed by atoms with Crippen molar-refractivity contribution in [2.75, 3.05) is 0 Å². The molecule has 0 N–H and O–H groups in total. The molecule has 0 bridgehead atoms. The molecule has 2 heterocycles. The molecule has 0 radical (unpaired) electrons. The second-order valence-electron chi connectivity index (χ2n) is 6.89. The van der Waals surface area contributed by atoms with Gasteiger partial charge in [0.15, 0.2) is 5.78 Å². The van der Waals surface area contributed by atoms with E-state index < -0.39 is 11.2 Å². The standard InChI is InChI=1S/C21H20FN3O/c1-15-13-16(24-25(15)17-7-3-2-4-8-17)14-19(26)21(10-6-11-21)20-18(22)9-5-12-23-20/h2-5,7-9,12-13H,6,10-11,14H2,1H3. The SMILES string of the molecule is Cc1cc(CC(=O)C2(c3ncccc3F)CCC2)nn1-c1ccccc1. The number of hydrogen-bond donors (Lipinski definition) is 0. The minimum Gasteiger partial charge on any atom is -0.298 e. The van der Waals surface area contributed by atoms with Crippen molar-refractivity contribution < 1.29 is 9.18 Å². The van der Waals surface area contributed by atoms with Crippen molar-refractivity contribution in [3.05, 3.63) is 77.6 Å². The molecule has 0 spiro atoms. The number of aromatic nitrogens is 3. The summed E-state index contributed by atoms with van der Waals surface area (Å²) in [6.45, 7) is 1.96. The largest absolute Gasteiger partial charge is 0.298 e. The van der Waals surface area contributed by atoms with Crippen LogP contribution in [0.3, 0.4) is 0 Å². The summed E-state index contributed by atoms with van der Waals surface area (Å²) in [7, 11) is 0. The smallest absolute Gasteiger partial charge is 0.151 e. The molecule has 1 aliphatic rings. The van der Waals surface area contributed by atoms with Crippen LogP contribution in [0.5, 0.6) is 0 Å². The van der Waals surface area contributed by atoms with Crippen LogP contribution in [0.2, 0.25) is 0 Å². The maximum atomic E-state index is 14.3. The van der Waals surface area contributed by atoms with Crippen molar-refractivity contribution in [3.8, 4) is 5.69 Å². The molecule has 1 saturated carbocycles. The summed E-state index contributed by atoms with van der Waals surface area (Å²) >= 11 is 0. The molecule has 1 aromatic carbocycles. The fourth-order valence-corrected chi connectivity index (χ4v) is 3.70. The van der Waals surface area contributed by atoms with E-state index in [-0.39, 0.29) is 17.9 Å². The van der Waals surface area contributed by atoms with Gasteiger partial charge in [-0.25, -0.2) is 9.07 Å². The normalized spacial score (nSPS) is 15.5. The minimum atomic E-state index is -0.796. The molecule has 0 atom stereocenters. The summed E-state index contributed by atoms with van der Waals surface area (Å²) < 4.78 is 16.1. The summed E-state index contributed by atoms with van der Waals surface area (Å²) in [5.74, 6) is -0.398. The van der Waals surface area contributed by atoms with Gasteiger partial charge in [0.2, 0.25) is 0 Å². The average Bonchev–Trinajstić information content (AvgIpc) is 2.96. The number of para-hydroxylation sites is 1. The Morgan fingerprint density at radius 3 is 2.62 bits per heavy atom. The van der Waals surface area contributed by atoms with Gasteiger partial charge in [-0.3, -0.25) is 9.78 Å². The molecule has 132 valence electrons. The van der Waals surface area contributed by atoms with Crippen molar-refractivity contribution in [2.24, 2.45) is 0 Å². The van der Waals surface area contributed by atoms with Crippen molar-refractivity contribution in [2.45, 2.75) is 38.0 Å². The predicted octanol–water partition coefficient (Wildman–Crippen LogP) is 3.95. The summed E-state index contributed by atoms with van der Waals surface area (Å²) in [6.07, 6.45) is 3.96. The third-order valence-electron chi connectivity index (χ3n) is 5.23. The molecule has 1 fully saturated rings. The second kappa shape index (κ2) is 6.48. The Morgan fingerprint density at radius 2 is 1.96 bits per heavy atom. The molecule has 0 unspecified atom stereocenters. The molecule has 0 saturated heterocycles. The molecule has 0 amide bonds. The van der Waals surface area contributed by atoms with Gasteiger partial charge >= 0.3 is 0 Å². The zero-order chi connectivity index (χ0) is 18.1. The van der Waals surface area contributed by atoms with Crippen molar-refractivity contribution in [1.29, 1.82) is 0 Å². The third kappa shape index (κ3) is 2.73. The fourth-order valence-electron chi connectivity index (χ4n) is 3.70. The Morgan fingerprint density at radius 1 is 1.19 bits per heavy atom.